The Morgan fingerprint density at radius 2 is 2.14 bits per heavy atom. The lowest BCUT2D eigenvalue weighted by Crippen LogP contribution is -2.33. The van der Waals surface area contributed by atoms with Gasteiger partial charge in [0.25, 0.3) is 0 Å². The van der Waals surface area contributed by atoms with Gasteiger partial charge in [-0.1, -0.05) is 13.8 Å². The van der Waals surface area contributed by atoms with Gasteiger partial charge < -0.3 is 0 Å². The van der Waals surface area contributed by atoms with Crippen molar-refractivity contribution < 1.29 is 9.59 Å². The zero-order chi connectivity index (χ0) is 10.8. The van der Waals surface area contributed by atoms with E-state index in [0.29, 0.717) is 25.8 Å². The van der Waals surface area contributed by atoms with Crippen molar-refractivity contribution in [3.63, 3.8) is 0 Å². The van der Waals surface area contributed by atoms with Gasteiger partial charge in [0.1, 0.15) is 0 Å². The van der Waals surface area contributed by atoms with Gasteiger partial charge in [0.15, 0.2) is 0 Å². The zero-order valence-corrected chi connectivity index (χ0v) is 8.54. The third-order valence-corrected chi connectivity index (χ3v) is 2.39. The molecule has 0 saturated carbocycles. The van der Waals surface area contributed by atoms with Crippen LogP contribution in [-0.4, -0.2) is 23.3 Å². The van der Waals surface area contributed by atoms with Crippen LogP contribution in [0.2, 0.25) is 0 Å². The average Bonchev–Trinajstić information content (AvgIpc) is 2.27. The molecule has 14 heavy (non-hydrogen) atoms. The number of imide groups is 1. The first-order valence-corrected chi connectivity index (χ1v) is 4.71. The Bertz CT molecular complexity index is 302. The van der Waals surface area contributed by atoms with Crippen LogP contribution in [-0.2, 0) is 9.59 Å². The quantitative estimate of drug-likeness (QED) is 0.499. The number of carbonyl (C=O) groups excluding carboxylic acids is 2. The van der Waals surface area contributed by atoms with Crippen molar-refractivity contribution in [2.45, 2.75) is 33.1 Å². The molecular weight excluding hydrogens is 180 g/mol. The number of amides is 2. The molecule has 4 nitrogen and oxygen atoms in total. The van der Waals surface area contributed by atoms with Crippen molar-refractivity contribution in [3.05, 3.63) is 0 Å². The molecule has 0 radical (unpaired) electrons. The minimum atomic E-state index is -0.552. The average molecular weight is 194 g/mol. The zero-order valence-electron chi connectivity index (χ0n) is 8.54. The number of hydrogen-bond acceptors (Lipinski definition) is 3. The highest BCUT2D eigenvalue weighted by Gasteiger charge is 2.44. The van der Waals surface area contributed by atoms with E-state index in [1.54, 1.807) is 13.8 Å². The van der Waals surface area contributed by atoms with Crippen LogP contribution in [0.5, 0.6) is 0 Å². The van der Waals surface area contributed by atoms with Crippen LogP contribution in [0.25, 0.3) is 0 Å². The van der Waals surface area contributed by atoms with E-state index in [4.69, 9.17) is 5.26 Å². The van der Waals surface area contributed by atoms with E-state index in [1.165, 1.54) is 4.90 Å². The summed E-state index contributed by atoms with van der Waals surface area (Å²) in [6, 6.07) is 1.99. The Morgan fingerprint density at radius 3 is 2.57 bits per heavy atom. The normalized spacial score (nSPS) is 19.9. The molecule has 2 amide bonds. The summed E-state index contributed by atoms with van der Waals surface area (Å²) in [5.41, 5.74) is -0.552. The Kier molecular flexibility index (Phi) is 2.90. The first kappa shape index (κ1) is 10.7. The number of rotatable bonds is 3. The third-order valence-electron chi connectivity index (χ3n) is 2.39. The molecule has 1 aliphatic rings. The smallest absolute Gasteiger partial charge is 0.235 e. The van der Waals surface area contributed by atoms with Crippen LogP contribution in [0.4, 0.5) is 0 Å². The fourth-order valence-electron chi connectivity index (χ4n) is 1.57. The molecular formula is C10H14N2O2. The topological polar surface area (TPSA) is 61.2 Å². The van der Waals surface area contributed by atoms with Crippen molar-refractivity contribution >= 4 is 11.8 Å². The molecule has 1 rings (SSSR count). The van der Waals surface area contributed by atoms with Crippen molar-refractivity contribution in [1.82, 2.24) is 4.90 Å². The largest absolute Gasteiger partial charge is 0.282 e. The maximum atomic E-state index is 11.7. The SMILES string of the molecule is CC1(C)CC(=O)N(CCCC#N)C1=O. The number of nitrogens with zero attached hydrogens (tertiary/aromatic N) is 2. The molecule has 1 aliphatic heterocycles. The molecule has 1 fully saturated rings. The van der Waals surface area contributed by atoms with Gasteiger partial charge in [-0.2, -0.15) is 5.26 Å². The lowest BCUT2D eigenvalue weighted by Gasteiger charge is -2.16. The summed E-state index contributed by atoms with van der Waals surface area (Å²) in [6.45, 7) is 3.93. The van der Waals surface area contributed by atoms with Crippen LogP contribution in [0.1, 0.15) is 33.1 Å². The standard InChI is InChI=1S/C10H14N2O2/c1-10(2)7-8(13)12(9(10)14)6-4-3-5-11/h3-4,6-7H2,1-2H3. The summed E-state index contributed by atoms with van der Waals surface area (Å²) in [7, 11) is 0. The van der Waals surface area contributed by atoms with Gasteiger partial charge in [-0.15, -0.1) is 0 Å². The number of hydrogen-bond donors (Lipinski definition) is 0. The molecule has 76 valence electrons. The second kappa shape index (κ2) is 3.79. The monoisotopic (exact) mass is 194 g/mol. The van der Waals surface area contributed by atoms with Gasteiger partial charge in [0, 0.05) is 19.4 Å². The van der Waals surface area contributed by atoms with E-state index in [2.05, 4.69) is 0 Å². The van der Waals surface area contributed by atoms with E-state index >= 15 is 0 Å². The Labute approximate surface area is 83.5 Å². The number of unbranched alkanes of at least 4 members (excludes halogenated alkanes) is 1. The predicted octanol–water partition coefficient (Wildman–Crippen LogP) is 1.08. The van der Waals surface area contributed by atoms with Crippen LogP contribution >= 0.6 is 0 Å². The molecule has 0 aromatic heterocycles. The Morgan fingerprint density at radius 1 is 1.50 bits per heavy atom. The summed E-state index contributed by atoms with van der Waals surface area (Å²) in [5.74, 6) is -0.224. The maximum absolute atomic E-state index is 11.7. The van der Waals surface area contributed by atoms with E-state index in [0.717, 1.165) is 0 Å². The summed E-state index contributed by atoms with van der Waals surface area (Å²) in [6.07, 6.45) is 1.25. The molecule has 4 heteroatoms. The predicted molar refractivity (Wildman–Crippen MR) is 50.0 cm³/mol. The maximum Gasteiger partial charge on any atom is 0.235 e. The number of carbonyl (C=O) groups is 2. The lowest BCUT2D eigenvalue weighted by atomic mass is 9.92. The first-order chi connectivity index (χ1) is 6.49. The van der Waals surface area contributed by atoms with Crippen LogP contribution < -0.4 is 0 Å². The second-order valence-corrected chi connectivity index (χ2v) is 4.17. The summed E-state index contributed by atoms with van der Waals surface area (Å²) in [4.78, 5) is 24.3. The van der Waals surface area contributed by atoms with Crippen molar-refractivity contribution in [3.8, 4) is 6.07 Å². The summed E-state index contributed by atoms with van der Waals surface area (Å²) < 4.78 is 0. The molecule has 0 atom stereocenters. The van der Waals surface area contributed by atoms with Gasteiger partial charge in [-0.25, -0.2) is 0 Å². The van der Waals surface area contributed by atoms with Crippen LogP contribution in [0.3, 0.4) is 0 Å². The fraction of sp³-hybridized carbons (Fsp3) is 0.700. The van der Waals surface area contributed by atoms with Gasteiger partial charge in [-0.3, -0.25) is 14.5 Å². The van der Waals surface area contributed by atoms with E-state index in [-0.39, 0.29) is 11.8 Å². The van der Waals surface area contributed by atoms with Crippen molar-refractivity contribution in [2.75, 3.05) is 6.54 Å². The highest BCUT2D eigenvalue weighted by molar-refractivity contribution is 6.05. The fourth-order valence-corrected chi connectivity index (χ4v) is 1.57. The highest BCUT2D eigenvalue weighted by atomic mass is 16.2. The van der Waals surface area contributed by atoms with Gasteiger partial charge in [0.05, 0.1) is 11.5 Å². The molecule has 0 aromatic rings. The Hall–Kier alpha value is -1.37. The Balaban J connectivity index is 2.59. The highest BCUT2D eigenvalue weighted by Crippen LogP contribution is 2.31. The minimum absolute atomic E-state index is 0.111. The third kappa shape index (κ3) is 1.92. The number of nitriles is 1. The molecule has 0 unspecified atom stereocenters. The minimum Gasteiger partial charge on any atom is -0.282 e. The lowest BCUT2D eigenvalue weighted by molar-refractivity contribution is -0.140. The first-order valence-electron chi connectivity index (χ1n) is 4.71. The molecule has 0 spiro atoms. The molecule has 0 aliphatic carbocycles. The molecule has 0 aromatic carbocycles. The van der Waals surface area contributed by atoms with E-state index < -0.39 is 5.41 Å². The molecule has 0 N–H and O–H groups in total. The van der Waals surface area contributed by atoms with E-state index in [9.17, 15) is 9.59 Å². The van der Waals surface area contributed by atoms with Crippen LogP contribution in [0.15, 0.2) is 0 Å². The summed E-state index contributed by atoms with van der Waals surface area (Å²) >= 11 is 0. The molecule has 1 heterocycles. The van der Waals surface area contributed by atoms with Gasteiger partial charge >= 0.3 is 0 Å². The van der Waals surface area contributed by atoms with Crippen molar-refractivity contribution in [2.24, 2.45) is 5.41 Å². The van der Waals surface area contributed by atoms with Crippen molar-refractivity contribution in [1.29, 1.82) is 5.26 Å². The molecule has 0 bridgehead atoms. The summed E-state index contributed by atoms with van der Waals surface area (Å²) in [5, 5.41) is 8.34. The molecule has 1 saturated heterocycles. The van der Waals surface area contributed by atoms with Crippen LogP contribution in [0, 0.1) is 16.7 Å². The van der Waals surface area contributed by atoms with Gasteiger partial charge in [-0.05, 0) is 6.42 Å². The second-order valence-electron chi connectivity index (χ2n) is 4.17. The number of likely N-dealkylation sites (tertiary alicyclic amines) is 1. The van der Waals surface area contributed by atoms with E-state index in [1.807, 2.05) is 6.07 Å². The van der Waals surface area contributed by atoms with Gasteiger partial charge in [0.2, 0.25) is 11.8 Å².